The predicted octanol–water partition coefficient (Wildman–Crippen LogP) is 1.85. The lowest BCUT2D eigenvalue weighted by molar-refractivity contribution is -0.154. The second kappa shape index (κ2) is 6.12. The fraction of sp³-hybridized carbons (Fsp3) is 0.455. The van der Waals surface area contributed by atoms with E-state index in [9.17, 15) is 19.2 Å². The van der Waals surface area contributed by atoms with Gasteiger partial charge in [0, 0.05) is 5.56 Å². The Hall–Kier alpha value is -2.76. The summed E-state index contributed by atoms with van der Waals surface area (Å²) in [6.07, 6.45) is 4.30. The molecule has 2 bridgehead atoms. The van der Waals surface area contributed by atoms with Crippen molar-refractivity contribution in [3.63, 3.8) is 0 Å². The molecule has 1 saturated heterocycles. The van der Waals surface area contributed by atoms with Crippen LogP contribution in [0.1, 0.15) is 23.7 Å². The molecule has 144 valence electrons. The molecule has 2 amide bonds. The van der Waals surface area contributed by atoms with Crippen LogP contribution in [-0.2, 0) is 19.1 Å². The Balaban J connectivity index is 1.26. The van der Waals surface area contributed by atoms with Gasteiger partial charge in [0.25, 0.3) is 0 Å². The molecule has 1 aromatic carbocycles. The highest BCUT2D eigenvalue weighted by Gasteiger charge is 2.67. The van der Waals surface area contributed by atoms with Gasteiger partial charge >= 0.3 is 5.97 Å². The smallest absolute Gasteiger partial charge is 0.326 e. The van der Waals surface area contributed by atoms with Crippen molar-refractivity contribution in [1.29, 1.82) is 0 Å². The van der Waals surface area contributed by atoms with Gasteiger partial charge in [0.05, 0.1) is 11.8 Å². The molecular formula is C22H21NO5. The molecule has 0 unspecified atom stereocenters. The van der Waals surface area contributed by atoms with E-state index < -0.39 is 18.6 Å². The fourth-order valence-electron chi connectivity index (χ4n) is 5.43. The van der Waals surface area contributed by atoms with Crippen molar-refractivity contribution >= 4 is 23.6 Å². The number of hydrogen-bond acceptors (Lipinski definition) is 5. The SMILES string of the molecule is C[C@H](OC(=O)CN1C(=O)[C@H]2[C@@H]3C=C[C@H]([C@@H]4C[C@H]34)[C@@H]2C1=O)C(=O)c1ccccc1. The highest BCUT2D eigenvalue weighted by atomic mass is 16.5. The second-order valence-corrected chi connectivity index (χ2v) is 8.28. The largest absolute Gasteiger partial charge is 0.453 e. The number of carbonyl (C=O) groups excluding carboxylic acids is 4. The van der Waals surface area contributed by atoms with E-state index in [0.717, 1.165) is 11.3 Å². The number of esters is 1. The average molecular weight is 379 g/mol. The van der Waals surface area contributed by atoms with E-state index in [2.05, 4.69) is 12.2 Å². The van der Waals surface area contributed by atoms with Crippen LogP contribution < -0.4 is 0 Å². The minimum atomic E-state index is -0.976. The Morgan fingerprint density at radius 1 is 1.04 bits per heavy atom. The molecular weight excluding hydrogens is 358 g/mol. The third kappa shape index (κ3) is 2.47. The van der Waals surface area contributed by atoms with Crippen molar-refractivity contribution < 1.29 is 23.9 Å². The second-order valence-electron chi connectivity index (χ2n) is 8.28. The fourth-order valence-corrected chi connectivity index (χ4v) is 5.43. The summed E-state index contributed by atoms with van der Waals surface area (Å²) in [5.41, 5.74) is 0.448. The average Bonchev–Trinajstić information content (AvgIpc) is 3.49. The van der Waals surface area contributed by atoms with Gasteiger partial charge in [-0.05, 0) is 37.0 Å². The summed E-state index contributed by atoms with van der Waals surface area (Å²) in [7, 11) is 0. The van der Waals surface area contributed by atoms with E-state index >= 15 is 0 Å². The van der Waals surface area contributed by atoms with Crippen LogP contribution in [0, 0.1) is 35.5 Å². The molecule has 0 spiro atoms. The van der Waals surface area contributed by atoms with E-state index in [-0.39, 0.29) is 41.3 Å². The van der Waals surface area contributed by atoms with E-state index in [4.69, 9.17) is 4.74 Å². The zero-order valence-electron chi connectivity index (χ0n) is 15.5. The highest BCUT2D eigenvalue weighted by molar-refractivity contribution is 6.08. The van der Waals surface area contributed by atoms with Gasteiger partial charge in [0.2, 0.25) is 17.6 Å². The topological polar surface area (TPSA) is 80.8 Å². The van der Waals surface area contributed by atoms with E-state index in [0.29, 0.717) is 17.4 Å². The van der Waals surface area contributed by atoms with E-state index in [1.165, 1.54) is 6.92 Å². The molecule has 3 fully saturated rings. The summed E-state index contributed by atoms with van der Waals surface area (Å²) in [5, 5.41) is 0. The number of allylic oxidation sites excluding steroid dienone is 2. The summed E-state index contributed by atoms with van der Waals surface area (Å²) in [5.74, 6) is -0.965. The number of ether oxygens (including phenoxy) is 1. The van der Waals surface area contributed by atoms with Gasteiger partial charge in [-0.3, -0.25) is 24.1 Å². The van der Waals surface area contributed by atoms with Gasteiger partial charge in [-0.2, -0.15) is 0 Å². The maximum Gasteiger partial charge on any atom is 0.326 e. The first-order valence-electron chi connectivity index (χ1n) is 9.79. The minimum absolute atomic E-state index is 0.121. The molecule has 28 heavy (non-hydrogen) atoms. The van der Waals surface area contributed by atoms with Crippen LogP contribution in [0.4, 0.5) is 0 Å². The molecule has 0 aromatic heterocycles. The maximum atomic E-state index is 12.9. The highest BCUT2D eigenvalue weighted by Crippen LogP contribution is 2.65. The number of amides is 2. The third-order valence-electron chi connectivity index (χ3n) is 6.78. The number of likely N-dealkylation sites (tertiary alicyclic amines) is 1. The summed E-state index contributed by atoms with van der Waals surface area (Å²) < 4.78 is 5.23. The molecule has 0 N–H and O–H groups in total. The molecule has 1 heterocycles. The van der Waals surface area contributed by atoms with Gasteiger partial charge in [0.15, 0.2) is 6.10 Å². The van der Waals surface area contributed by atoms with Gasteiger partial charge in [0.1, 0.15) is 6.54 Å². The molecule has 6 rings (SSSR count). The number of benzene rings is 1. The molecule has 5 aliphatic rings. The third-order valence-corrected chi connectivity index (χ3v) is 6.78. The number of imide groups is 1. The van der Waals surface area contributed by atoms with Gasteiger partial charge < -0.3 is 4.74 Å². The summed E-state index contributed by atoms with van der Waals surface area (Å²) >= 11 is 0. The number of hydrogen-bond donors (Lipinski definition) is 0. The number of rotatable bonds is 5. The van der Waals surface area contributed by atoms with Crippen molar-refractivity contribution in [2.24, 2.45) is 35.5 Å². The standard InChI is InChI=1S/C22H21NO5/c1-11(20(25)12-5-3-2-4-6-12)28-17(24)10-23-21(26)18-13-7-8-14(16-9-15(13)16)19(18)22(23)27/h2-8,11,13-16,18-19H,9-10H2,1H3/t11-,13+,14+,15-,16+,18-,19-/m0/s1. The molecule has 7 atom stereocenters. The van der Waals surface area contributed by atoms with E-state index in [1.54, 1.807) is 30.3 Å². The lowest BCUT2D eigenvalue weighted by atomic mass is 9.63. The Labute approximate surface area is 162 Å². The van der Waals surface area contributed by atoms with Crippen molar-refractivity contribution in [3.8, 4) is 0 Å². The van der Waals surface area contributed by atoms with Gasteiger partial charge in [-0.1, -0.05) is 42.5 Å². The Morgan fingerprint density at radius 2 is 1.61 bits per heavy atom. The van der Waals surface area contributed by atoms with Crippen molar-refractivity contribution in [2.75, 3.05) is 6.54 Å². The molecule has 1 aromatic rings. The first-order valence-corrected chi connectivity index (χ1v) is 9.79. The monoisotopic (exact) mass is 379 g/mol. The normalized spacial score (nSPS) is 35.4. The lowest BCUT2D eigenvalue weighted by Crippen LogP contribution is -2.40. The van der Waals surface area contributed by atoms with Crippen LogP contribution in [0.15, 0.2) is 42.5 Å². The first-order chi connectivity index (χ1) is 13.5. The van der Waals surface area contributed by atoms with Crippen molar-refractivity contribution in [3.05, 3.63) is 48.0 Å². The van der Waals surface area contributed by atoms with Crippen LogP contribution in [0.3, 0.4) is 0 Å². The minimum Gasteiger partial charge on any atom is -0.453 e. The number of nitrogens with zero attached hydrogens (tertiary/aromatic N) is 1. The molecule has 0 radical (unpaired) electrons. The molecule has 1 aliphatic heterocycles. The molecule has 6 nitrogen and oxygen atoms in total. The Morgan fingerprint density at radius 3 is 2.18 bits per heavy atom. The summed E-state index contributed by atoms with van der Waals surface area (Å²) in [4.78, 5) is 51.5. The van der Waals surface area contributed by atoms with Crippen molar-refractivity contribution in [2.45, 2.75) is 19.4 Å². The van der Waals surface area contributed by atoms with Crippen LogP contribution >= 0.6 is 0 Å². The van der Waals surface area contributed by atoms with Crippen LogP contribution in [0.2, 0.25) is 0 Å². The summed E-state index contributed by atoms with van der Waals surface area (Å²) in [6, 6.07) is 8.57. The molecule has 6 heteroatoms. The van der Waals surface area contributed by atoms with E-state index in [1.807, 2.05) is 0 Å². The number of Topliss-reactive ketones (excluding diaryl/α,β-unsaturated/α-hetero) is 1. The Bertz CT molecular complexity index is 871. The maximum absolute atomic E-state index is 12.9. The predicted molar refractivity (Wildman–Crippen MR) is 97.7 cm³/mol. The molecule has 2 saturated carbocycles. The van der Waals surface area contributed by atoms with Gasteiger partial charge in [-0.25, -0.2) is 0 Å². The number of ketones is 1. The zero-order valence-corrected chi connectivity index (χ0v) is 15.5. The van der Waals surface area contributed by atoms with Gasteiger partial charge in [-0.15, -0.1) is 0 Å². The van der Waals surface area contributed by atoms with Crippen molar-refractivity contribution in [1.82, 2.24) is 4.90 Å². The zero-order chi connectivity index (χ0) is 19.6. The Kier molecular flexibility index (Phi) is 3.79. The van der Waals surface area contributed by atoms with Crippen LogP contribution in [-0.4, -0.2) is 41.1 Å². The molecule has 4 aliphatic carbocycles. The first kappa shape index (κ1) is 17.3. The summed E-state index contributed by atoms with van der Waals surface area (Å²) in [6.45, 7) is 1.07. The van der Waals surface area contributed by atoms with Crippen LogP contribution in [0.5, 0.6) is 0 Å². The number of carbonyl (C=O) groups is 4. The quantitative estimate of drug-likeness (QED) is 0.338. The lowest BCUT2D eigenvalue weighted by Gasteiger charge is -2.37. The van der Waals surface area contributed by atoms with Crippen LogP contribution in [0.25, 0.3) is 0 Å².